The Hall–Kier alpha value is -3.58. The van der Waals surface area contributed by atoms with E-state index in [0.29, 0.717) is 29.3 Å². The van der Waals surface area contributed by atoms with Gasteiger partial charge in [0, 0.05) is 11.3 Å². The minimum Gasteiger partial charge on any atom is -0.490 e. The second-order valence-corrected chi connectivity index (χ2v) is 8.71. The number of hydrogen-bond acceptors (Lipinski definition) is 4. The van der Waals surface area contributed by atoms with Gasteiger partial charge in [-0.2, -0.15) is 0 Å². The summed E-state index contributed by atoms with van der Waals surface area (Å²) >= 11 is 0. The third kappa shape index (κ3) is 5.73. The maximum Gasteiger partial charge on any atom is 0.261 e. The molecule has 2 N–H and O–H groups in total. The lowest BCUT2D eigenvalue weighted by Gasteiger charge is -2.12. The van der Waals surface area contributed by atoms with Crippen LogP contribution in [0.25, 0.3) is 0 Å². The van der Waals surface area contributed by atoms with Gasteiger partial charge < -0.3 is 10.1 Å². The Bertz CT molecular complexity index is 1190. The lowest BCUT2D eigenvalue weighted by atomic mass is 10.1. The van der Waals surface area contributed by atoms with Gasteiger partial charge in [0.25, 0.3) is 15.9 Å². The number of anilines is 2. The fourth-order valence-corrected chi connectivity index (χ4v) is 4.04. The van der Waals surface area contributed by atoms with Gasteiger partial charge in [-0.1, -0.05) is 30.4 Å². The molecule has 0 saturated heterocycles. The van der Waals surface area contributed by atoms with Crippen molar-refractivity contribution in [3.05, 3.63) is 96.1 Å². The first-order chi connectivity index (χ1) is 14.8. The molecule has 0 aromatic heterocycles. The highest BCUT2D eigenvalue weighted by molar-refractivity contribution is 7.92. The first-order valence-corrected chi connectivity index (χ1v) is 11.1. The Labute approximate surface area is 182 Å². The van der Waals surface area contributed by atoms with Crippen molar-refractivity contribution in [3.8, 4) is 5.75 Å². The maximum atomic E-state index is 12.7. The molecule has 31 heavy (non-hydrogen) atoms. The molecular formula is C24H24N2O4S. The fraction of sp³-hybridized carbons (Fsp3) is 0.125. The van der Waals surface area contributed by atoms with Crippen molar-refractivity contribution in [3.63, 3.8) is 0 Å². The van der Waals surface area contributed by atoms with Crippen LogP contribution in [-0.4, -0.2) is 20.9 Å². The summed E-state index contributed by atoms with van der Waals surface area (Å²) in [6.45, 7) is 7.77. The summed E-state index contributed by atoms with van der Waals surface area (Å²) in [7, 11) is -3.74. The Balaban J connectivity index is 1.67. The van der Waals surface area contributed by atoms with E-state index >= 15 is 0 Å². The summed E-state index contributed by atoms with van der Waals surface area (Å²) in [6.07, 6.45) is 1.64. The molecular weight excluding hydrogens is 412 g/mol. The predicted octanol–water partition coefficient (Wildman–Crippen LogP) is 4.92. The van der Waals surface area contributed by atoms with Crippen molar-refractivity contribution in [2.45, 2.75) is 18.7 Å². The second-order valence-electron chi connectivity index (χ2n) is 7.03. The molecule has 0 saturated carbocycles. The van der Waals surface area contributed by atoms with Crippen LogP contribution in [0.1, 0.15) is 21.5 Å². The third-order valence-corrected chi connectivity index (χ3v) is 5.91. The highest BCUT2D eigenvalue weighted by Crippen LogP contribution is 2.22. The van der Waals surface area contributed by atoms with Gasteiger partial charge in [0.2, 0.25) is 0 Å². The minimum atomic E-state index is -3.74. The molecule has 0 spiro atoms. The smallest absolute Gasteiger partial charge is 0.261 e. The summed E-state index contributed by atoms with van der Waals surface area (Å²) in [4.78, 5) is 12.5. The van der Waals surface area contributed by atoms with Gasteiger partial charge in [-0.3, -0.25) is 9.52 Å². The predicted molar refractivity (Wildman–Crippen MR) is 123 cm³/mol. The molecule has 0 unspecified atom stereocenters. The lowest BCUT2D eigenvalue weighted by Crippen LogP contribution is -2.14. The van der Waals surface area contributed by atoms with Gasteiger partial charge in [-0.05, 0) is 74.0 Å². The van der Waals surface area contributed by atoms with Crippen LogP contribution in [0, 0.1) is 13.8 Å². The van der Waals surface area contributed by atoms with E-state index in [0.717, 1.165) is 11.1 Å². The van der Waals surface area contributed by atoms with Gasteiger partial charge in [-0.15, -0.1) is 0 Å². The molecule has 0 radical (unpaired) electrons. The standard InChI is InChI=1S/C24H24N2O4S/c1-4-15-30-21-10-6-19(7-11-21)24(27)25-20-8-12-22(13-9-20)31(28,29)26-23-14-5-17(2)16-18(23)3/h4-14,16,26H,1,15H2,2-3H3,(H,25,27). The van der Waals surface area contributed by atoms with Crippen LogP contribution >= 0.6 is 0 Å². The Kier molecular flexibility index (Phi) is 6.77. The zero-order chi connectivity index (χ0) is 22.4. The van der Waals surface area contributed by atoms with Crippen LogP contribution in [-0.2, 0) is 10.0 Å². The fourth-order valence-electron chi connectivity index (χ4n) is 2.91. The molecule has 7 heteroatoms. The normalized spacial score (nSPS) is 10.9. The van der Waals surface area contributed by atoms with E-state index in [4.69, 9.17) is 4.74 Å². The van der Waals surface area contributed by atoms with Crippen molar-refractivity contribution in [2.24, 2.45) is 0 Å². The quantitative estimate of drug-likeness (QED) is 0.491. The number of aryl methyl sites for hydroxylation is 2. The van der Waals surface area contributed by atoms with Gasteiger partial charge >= 0.3 is 0 Å². The number of hydrogen-bond donors (Lipinski definition) is 2. The Morgan fingerprint density at radius 3 is 2.29 bits per heavy atom. The molecule has 0 heterocycles. The molecule has 3 aromatic carbocycles. The SMILES string of the molecule is C=CCOc1ccc(C(=O)Nc2ccc(S(=O)(=O)Nc3ccc(C)cc3C)cc2)cc1. The Morgan fingerprint density at radius 1 is 1.00 bits per heavy atom. The molecule has 6 nitrogen and oxygen atoms in total. The highest BCUT2D eigenvalue weighted by Gasteiger charge is 2.16. The van der Waals surface area contributed by atoms with Crippen molar-refractivity contribution in [1.82, 2.24) is 0 Å². The average Bonchev–Trinajstić information content (AvgIpc) is 2.75. The van der Waals surface area contributed by atoms with E-state index in [1.807, 2.05) is 26.0 Å². The molecule has 0 bridgehead atoms. The van der Waals surface area contributed by atoms with E-state index in [9.17, 15) is 13.2 Å². The van der Waals surface area contributed by atoms with E-state index in [1.54, 1.807) is 48.5 Å². The van der Waals surface area contributed by atoms with E-state index in [-0.39, 0.29) is 10.8 Å². The van der Waals surface area contributed by atoms with Gasteiger partial charge in [0.15, 0.2) is 0 Å². The number of sulfonamides is 1. The van der Waals surface area contributed by atoms with Gasteiger partial charge in [-0.25, -0.2) is 8.42 Å². The van der Waals surface area contributed by atoms with Gasteiger partial charge in [0.05, 0.1) is 10.6 Å². The van der Waals surface area contributed by atoms with Crippen LogP contribution in [0.3, 0.4) is 0 Å². The molecule has 0 atom stereocenters. The molecule has 3 aromatic rings. The van der Waals surface area contributed by atoms with E-state index < -0.39 is 10.0 Å². The first-order valence-electron chi connectivity index (χ1n) is 9.64. The summed E-state index contributed by atoms with van der Waals surface area (Å²) in [5, 5.41) is 2.75. The topological polar surface area (TPSA) is 84.5 Å². The number of carbonyl (C=O) groups excluding carboxylic acids is 1. The van der Waals surface area contributed by atoms with Crippen LogP contribution < -0.4 is 14.8 Å². The molecule has 160 valence electrons. The summed E-state index contributed by atoms with van der Waals surface area (Å²) in [5.41, 5.74) is 3.37. The van der Waals surface area contributed by atoms with Gasteiger partial charge in [0.1, 0.15) is 12.4 Å². The minimum absolute atomic E-state index is 0.106. The zero-order valence-corrected chi connectivity index (χ0v) is 18.2. The van der Waals surface area contributed by atoms with Crippen LogP contribution in [0.2, 0.25) is 0 Å². The van der Waals surface area contributed by atoms with Crippen molar-refractivity contribution < 1.29 is 17.9 Å². The molecule has 0 aliphatic carbocycles. The molecule has 0 aliphatic heterocycles. The third-order valence-electron chi connectivity index (χ3n) is 4.53. The number of nitrogens with one attached hydrogen (secondary N) is 2. The number of ether oxygens (including phenoxy) is 1. The first kappa shape index (κ1) is 22.1. The van der Waals surface area contributed by atoms with E-state index in [2.05, 4.69) is 16.6 Å². The van der Waals surface area contributed by atoms with Crippen LogP contribution in [0.5, 0.6) is 5.75 Å². The van der Waals surface area contributed by atoms with E-state index in [1.165, 1.54) is 12.1 Å². The summed E-state index contributed by atoms with van der Waals surface area (Å²) in [5.74, 6) is 0.335. The monoisotopic (exact) mass is 436 g/mol. The maximum absolute atomic E-state index is 12.7. The lowest BCUT2D eigenvalue weighted by molar-refractivity contribution is 0.102. The van der Waals surface area contributed by atoms with Crippen molar-refractivity contribution in [1.29, 1.82) is 0 Å². The molecule has 0 fully saturated rings. The number of rotatable bonds is 8. The highest BCUT2D eigenvalue weighted by atomic mass is 32.2. The molecule has 3 rings (SSSR count). The zero-order valence-electron chi connectivity index (χ0n) is 17.4. The van der Waals surface area contributed by atoms with Crippen molar-refractivity contribution in [2.75, 3.05) is 16.6 Å². The summed E-state index contributed by atoms with van der Waals surface area (Å²) in [6, 6.07) is 18.2. The molecule has 1 amide bonds. The van der Waals surface area contributed by atoms with Crippen molar-refractivity contribution >= 4 is 27.3 Å². The number of benzene rings is 3. The van der Waals surface area contributed by atoms with Crippen LogP contribution in [0.15, 0.2) is 84.3 Å². The largest absolute Gasteiger partial charge is 0.490 e. The Morgan fingerprint density at radius 2 is 1.68 bits per heavy atom. The number of amides is 1. The van der Waals surface area contributed by atoms with Crippen LogP contribution in [0.4, 0.5) is 11.4 Å². The second kappa shape index (κ2) is 9.49. The average molecular weight is 437 g/mol. The number of carbonyl (C=O) groups is 1. The molecule has 0 aliphatic rings. The summed E-state index contributed by atoms with van der Waals surface area (Å²) < 4.78 is 33.4.